The quantitative estimate of drug-likeness (QED) is 0.309. The minimum absolute atomic E-state index is 0.105. The zero-order valence-electron chi connectivity index (χ0n) is 21.6. The molecule has 7 nitrogen and oxygen atoms in total. The fourth-order valence-electron chi connectivity index (χ4n) is 3.96. The predicted octanol–water partition coefficient (Wildman–Crippen LogP) is 6.17. The van der Waals surface area contributed by atoms with Crippen molar-refractivity contribution in [3.63, 3.8) is 0 Å². The number of nitrogens with zero attached hydrogens (tertiary/aromatic N) is 7. The Morgan fingerprint density at radius 3 is 1.25 bits per heavy atom. The number of hydrogen-bond donors (Lipinski definition) is 0. The molecule has 0 saturated carbocycles. The van der Waals surface area contributed by atoms with Crippen LogP contribution in [0.5, 0.6) is 0 Å². The Hall–Kier alpha value is -4.13. The highest BCUT2D eigenvalue weighted by Crippen LogP contribution is 2.26. The molecule has 3 heterocycles. The van der Waals surface area contributed by atoms with Crippen LogP contribution in [0.1, 0.15) is 52.7 Å². The van der Waals surface area contributed by atoms with E-state index in [1.54, 1.807) is 9.36 Å². The van der Waals surface area contributed by atoms with Gasteiger partial charge in [0.2, 0.25) is 0 Å². The third-order valence-corrected chi connectivity index (χ3v) is 6.26. The van der Waals surface area contributed by atoms with E-state index in [9.17, 15) is 0 Å². The van der Waals surface area contributed by atoms with Gasteiger partial charge in [0, 0.05) is 0 Å². The summed E-state index contributed by atoms with van der Waals surface area (Å²) in [7, 11) is 0. The van der Waals surface area contributed by atoms with Crippen LogP contribution in [0.15, 0.2) is 79.1 Å². The molecule has 0 bridgehead atoms. The van der Waals surface area contributed by atoms with E-state index in [1.807, 2.05) is 30.6 Å². The lowest BCUT2D eigenvalue weighted by Crippen LogP contribution is -2.10. The molecule has 0 aliphatic carbocycles. The maximum absolute atomic E-state index is 4.79. The summed E-state index contributed by atoms with van der Waals surface area (Å²) in [5.41, 5.74) is 7.53. The third kappa shape index (κ3) is 4.82. The molecule has 0 spiro atoms. The molecule has 5 aromatic rings. The second kappa shape index (κ2) is 8.82. The van der Waals surface area contributed by atoms with Gasteiger partial charge in [0.1, 0.15) is 11.4 Å². The Kier molecular flexibility index (Phi) is 5.79. The third-order valence-electron chi connectivity index (χ3n) is 6.26. The number of hydrogen-bond acceptors (Lipinski definition) is 5. The van der Waals surface area contributed by atoms with Crippen LogP contribution in [0.4, 0.5) is 0 Å². The van der Waals surface area contributed by atoms with E-state index in [4.69, 9.17) is 4.98 Å². The second-order valence-electron chi connectivity index (χ2n) is 11.1. The summed E-state index contributed by atoms with van der Waals surface area (Å²) in [6.45, 7) is 13.2. The molecule has 3 aromatic heterocycles. The number of benzene rings is 2. The SMILES string of the molecule is CC(C)(C)c1ccc(-n2cc(-c3cccc(-c4cn(-c5ccc(C(C)(C)C)cc5)nn4)n3)nn2)cc1. The van der Waals surface area contributed by atoms with E-state index in [0.29, 0.717) is 11.4 Å². The lowest BCUT2D eigenvalue weighted by Gasteiger charge is -2.19. The van der Waals surface area contributed by atoms with Crippen molar-refractivity contribution in [1.29, 1.82) is 0 Å². The van der Waals surface area contributed by atoms with Crippen molar-refractivity contribution in [1.82, 2.24) is 35.0 Å². The Morgan fingerprint density at radius 2 is 0.889 bits per heavy atom. The van der Waals surface area contributed by atoms with E-state index < -0.39 is 0 Å². The van der Waals surface area contributed by atoms with Gasteiger partial charge < -0.3 is 0 Å². The maximum Gasteiger partial charge on any atom is 0.131 e. The van der Waals surface area contributed by atoms with Crippen molar-refractivity contribution >= 4 is 0 Å². The largest absolute Gasteiger partial charge is 0.244 e. The molecule has 0 N–H and O–H groups in total. The highest BCUT2D eigenvalue weighted by molar-refractivity contribution is 5.61. The Labute approximate surface area is 211 Å². The van der Waals surface area contributed by atoms with Gasteiger partial charge in [0.05, 0.1) is 35.2 Å². The number of pyridine rings is 1. The Balaban J connectivity index is 1.38. The van der Waals surface area contributed by atoms with Gasteiger partial charge in [-0.05, 0) is 58.4 Å². The van der Waals surface area contributed by atoms with E-state index in [0.717, 1.165) is 22.8 Å². The van der Waals surface area contributed by atoms with Crippen LogP contribution in [-0.2, 0) is 10.8 Å². The van der Waals surface area contributed by atoms with Crippen molar-refractivity contribution in [3.8, 4) is 34.2 Å². The standard InChI is InChI=1S/C29H31N7/c1-28(2,3)20-10-14-22(15-11-20)35-18-26(31-33-35)24-8-7-9-25(30-24)27-19-36(34-32-27)23-16-12-21(13-17-23)29(4,5)6/h7-19H,1-6H3. The van der Waals surface area contributed by atoms with E-state index in [2.05, 4.69) is 111 Å². The van der Waals surface area contributed by atoms with Crippen LogP contribution >= 0.6 is 0 Å². The molecule has 0 atom stereocenters. The zero-order chi connectivity index (χ0) is 25.5. The summed E-state index contributed by atoms with van der Waals surface area (Å²) >= 11 is 0. The number of rotatable bonds is 4. The van der Waals surface area contributed by atoms with Gasteiger partial charge in [-0.15, -0.1) is 10.2 Å². The molecule has 36 heavy (non-hydrogen) atoms. The van der Waals surface area contributed by atoms with Crippen molar-refractivity contribution < 1.29 is 0 Å². The Morgan fingerprint density at radius 1 is 0.500 bits per heavy atom. The zero-order valence-corrected chi connectivity index (χ0v) is 21.6. The Bertz CT molecular complexity index is 1370. The van der Waals surface area contributed by atoms with Crippen LogP contribution < -0.4 is 0 Å². The molecule has 0 radical (unpaired) electrons. The predicted molar refractivity (Wildman–Crippen MR) is 142 cm³/mol. The molecule has 0 aliphatic heterocycles. The van der Waals surface area contributed by atoms with Gasteiger partial charge >= 0.3 is 0 Å². The smallest absolute Gasteiger partial charge is 0.131 e. The van der Waals surface area contributed by atoms with E-state index in [1.165, 1.54) is 11.1 Å². The summed E-state index contributed by atoms with van der Waals surface area (Å²) in [4.78, 5) is 4.79. The molecule has 0 unspecified atom stereocenters. The molecule has 182 valence electrons. The lowest BCUT2D eigenvalue weighted by atomic mass is 9.87. The highest BCUT2D eigenvalue weighted by atomic mass is 15.4. The number of aromatic nitrogens is 7. The average molecular weight is 478 g/mol. The first-order valence-corrected chi connectivity index (χ1v) is 12.1. The summed E-state index contributed by atoms with van der Waals surface area (Å²) in [5.74, 6) is 0. The van der Waals surface area contributed by atoms with Gasteiger partial charge in [-0.1, -0.05) is 82.3 Å². The lowest BCUT2D eigenvalue weighted by molar-refractivity contribution is 0.589. The summed E-state index contributed by atoms with van der Waals surface area (Å²) in [6, 6.07) is 22.6. The van der Waals surface area contributed by atoms with Gasteiger partial charge in [-0.2, -0.15) is 0 Å². The van der Waals surface area contributed by atoms with Gasteiger partial charge in [0.15, 0.2) is 0 Å². The first-order chi connectivity index (χ1) is 17.1. The minimum atomic E-state index is 0.105. The van der Waals surface area contributed by atoms with Crippen molar-refractivity contribution in [2.45, 2.75) is 52.4 Å². The van der Waals surface area contributed by atoms with Crippen LogP contribution in [0.3, 0.4) is 0 Å². The fraction of sp³-hybridized carbons (Fsp3) is 0.276. The van der Waals surface area contributed by atoms with Gasteiger partial charge in [-0.25, -0.2) is 14.3 Å². The monoisotopic (exact) mass is 477 g/mol. The van der Waals surface area contributed by atoms with E-state index >= 15 is 0 Å². The molecule has 0 fully saturated rings. The molecule has 0 saturated heterocycles. The maximum atomic E-state index is 4.79. The topological polar surface area (TPSA) is 74.3 Å². The van der Waals surface area contributed by atoms with Gasteiger partial charge in [0.25, 0.3) is 0 Å². The van der Waals surface area contributed by atoms with Crippen LogP contribution in [0, 0.1) is 0 Å². The molecule has 2 aromatic carbocycles. The van der Waals surface area contributed by atoms with Crippen LogP contribution in [-0.4, -0.2) is 35.0 Å². The summed E-state index contributed by atoms with van der Waals surface area (Å²) in [5, 5.41) is 17.4. The molecule has 0 amide bonds. The van der Waals surface area contributed by atoms with Crippen LogP contribution in [0.25, 0.3) is 34.2 Å². The molecule has 0 aliphatic rings. The van der Waals surface area contributed by atoms with E-state index in [-0.39, 0.29) is 10.8 Å². The van der Waals surface area contributed by atoms with Crippen molar-refractivity contribution in [3.05, 3.63) is 90.3 Å². The average Bonchev–Trinajstić information content (AvgIpc) is 3.54. The van der Waals surface area contributed by atoms with Crippen molar-refractivity contribution in [2.24, 2.45) is 0 Å². The second-order valence-corrected chi connectivity index (χ2v) is 11.1. The normalized spacial score (nSPS) is 12.2. The first kappa shape index (κ1) is 23.6. The minimum Gasteiger partial charge on any atom is -0.244 e. The highest BCUT2D eigenvalue weighted by Gasteiger charge is 2.16. The summed E-state index contributed by atoms with van der Waals surface area (Å²) < 4.78 is 3.54. The van der Waals surface area contributed by atoms with Crippen molar-refractivity contribution in [2.75, 3.05) is 0 Å². The summed E-state index contributed by atoms with van der Waals surface area (Å²) in [6.07, 6.45) is 3.79. The van der Waals surface area contributed by atoms with Crippen LogP contribution in [0.2, 0.25) is 0 Å². The fourth-order valence-corrected chi connectivity index (χ4v) is 3.96. The molecular weight excluding hydrogens is 446 g/mol. The molecule has 7 heteroatoms. The molecule has 5 rings (SSSR count). The van der Waals surface area contributed by atoms with Gasteiger partial charge in [-0.3, -0.25) is 0 Å². The molecular formula is C29H31N7. The first-order valence-electron chi connectivity index (χ1n) is 12.1.